The smallest absolute Gasteiger partial charge is 0.358 e. The van der Waals surface area contributed by atoms with Gasteiger partial charge in [0.25, 0.3) is 0 Å². The SMILES string of the molecule is O=C(O)c1cn(C[C@H](O)c2ccsc2)nn1. The van der Waals surface area contributed by atoms with Gasteiger partial charge in [0, 0.05) is 0 Å². The lowest BCUT2D eigenvalue weighted by Crippen LogP contribution is -2.08. The van der Waals surface area contributed by atoms with Crippen LogP contribution in [-0.2, 0) is 6.54 Å². The van der Waals surface area contributed by atoms with Gasteiger partial charge < -0.3 is 10.2 Å². The molecule has 84 valence electrons. The Morgan fingerprint density at radius 2 is 2.44 bits per heavy atom. The van der Waals surface area contributed by atoms with Crippen LogP contribution >= 0.6 is 11.3 Å². The summed E-state index contributed by atoms with van der Waals surface area (Å²) in [7, 11) is 0. The molecular weight excluding hydrogens is 230 g/mol. The topological polar surface area (TPSA) is 88.2 Å². The molecule has 0 saturated heterocycles. The predicted octanol–water partition coefficient (Wildman–Crippen LogP) is 0.771. The van der Waals surface area contributed by atoms with Gasteiger partial charge >= 0.3 is 5.97 Å². The molecule has 2 aromatic rings. The fourth-order valence-corrected chi connectivity index (χ4v) is 1.94. The molecule has 0 bridgehead atoms. The Labute approximate surface area is 94.8 Å². The van der Waals surface area contributed by atoms with Gasteiger partial charge in [-0.3, -0.25) is 0 Å². The van der Waals surface area contributed by atoms with E-state index in [9.17, 15) is 9.90 Å². The summed E-state index contributed by atoms with van der Waals surface area (Å²) >= 11 is 1.49. The molecule has 0 amide bonds. The number of aromatic carboxylic acids is 1. The molecule has 0 radical (unpaired) electrons. The summed E-state index contributed by atoms with van der Waals surface area (Å²) < 4.78 is 1.31. The predicted molar refractivity (Wildman–Crippen MR) is 56.3 cm³/mol. The fourth-order valence-electron chi connectivity index (χ4n) is 1.23. The lowest BCUT2D eigenvalue weighted by Gasteiger charge is -2.07. The summed E-state index contributed by atoms with van der Waals surface area (Å²) in [6.45, 7) is 0.191. The second kappa shape index (κ2) is 4.42. The van der Waals surface area contributed by atoms with Crippen LogP contribution in [0.3, 0.4) is 0 Å². The number of hydrogen-bond donors (Lipinski definition) is 2. The highest BCUT2D eigenvalue weighted by molar-refractivity contribution is 7.07. The molecule has 0 aliphatic rings. The van der Waals surface area contributed by atoms with Gasteiger partial charge in [0.1, 0.15) is 0 Å². The summed E-state index contributed by atoms with van der Waals surface area (Å²) in [6, 6.07) is 1.81. The quantitative estimate of drug-likeness (QED) is 0.822. The van der Waals surface area contributed by atoms with E-state index in [1.165, 1.54) is 22.2 Å². The maximum atomic E-state index is 10.6. The Hall–Kier alpha value is -1.73. The normalized spacial score (nSPS) is 12.6. The number of aromatic nitrogens is 3. The molecule has 2 heterocycles. The van der Waals surface area contributed by atoms with Crippen molar-refractivity contribution in [1.29, 1.82) is 0 Å². The number of hydrogen-bond acceptors (Lipinski definition) is 5. The van der Waals surface area contributed by atoms with E-state index in [4.69, 9.17) is 5.11 Å². The van der Waals surface area contributed by atoms with Crippen LogP contribution in [0.25, 0.3) is 0 Å². The van der Waals surface area contributed by atoms with Crippen molar-refractivity contribution in [3.05, 3.63) is 34.3 Å². The molecule has 2 N–H and O–H groups in total. The first-order valence-corrected chi connectivity index (χ1v) is 5.44. The van der Waals surface area contributed by atoms with Crippen molar-refractivity contribution in [1.82, 2.24) is 15.0 Å². The van der Waals surface area contributed by atoms with E-state index >= 15 is 0 Å². The first-order valence-electron chi connectivity index (χ1n) is 4.50. The van der Waals surface area contributed by atoms with Crippen LogP contribution in [0.2, 0.25) is 0 Å². The zero-order valence-corrected chi connectivity index (χ0v) is 8.96. The molecule has 1 atom stereocenters. The van der Waals surface area contributed by atoms with Crippen LogP contribution in [0.4, 0.5) is 0 Å². The highest BCUT2D eigenvalue weighted by atomic mass is 32.1. The Balaban J connectivity index is 2.06. The van der Waals surface area contributed by atoms with Crippen molar-refractivity contribution >= 4 is 17.3 Å². The van der Waals surface area contributed by atoms with Gasteiger partial charge in [0.15, 0.2) is 5.69 Å². The Bertz CT molecular complexity index is 480. The average molecular weight is 239 g/mol. The van der Waals surface area contributed by atoms with Crippen molar-refractivity contribution in [2.45, 2.75) is 12.6 Å². The third-order valence-corrected chi connectivity index (χ3v) is 2.75. The molecule has 7 heteroatoms. The molecule has 2 aromatic heterocycles. The van der Waals surface area contributed by atoms with Crippen molar-refractivity contribution in [2.75, 3.05) is 0 Å². The van der Waals surface area contributed by atoms with Gasteiger partial charge in [-0.2, -0.15) is 11.3 Å². The van der Waals surface area contributed by atoms with Gasteiger partial charge in [0.05, 0.1) is 18.8 Å². The van der Waals surface area contributed by atoms with E-state index in [-0.39, 0.29) is 12.2 Å². The molecule has 0 aromatic carbocycles. The first-order chi connectivity index (χ1) is 7.66. The zero-order chi connectivity index (χ0) is 11.5. The minimum Gasteiger partial charge on any atom is -0.476 e. The molecular formula is C9H9N3O3S. The minimum absolute atomic E-state index is 0.127. The number of carbonyl (C=O) groups is 1. The third-order valence-electron chi connectivity index (χ3n) is 2.05. The second-order valence-corrected chi connectivity index (χ2v) is 3.98. The second-order valence-electron chi connectivity index (χ2n) is 3.20. The summed E-state index contributed by atoms with van der Waals surface area (Å²) in [6.07, 6.45) is 0.590. The van der Waals surface area contributed by atoms with E-state index in [1.807, 2.05) is 16.8 Å². The summed E-state index contributed by atoms with van der Waals surface area (Å²) in [4.78, 5) is 10.6. The van der Waals surface area contributed by atoms with Gasteiger partial charge in [-0.1, -0.05) is 5.21 Å². The van der Waals surface area contributed by atoms with Gasteiger partial charge in [-0.15, -0.1) is 5.10 Å². The first kappa shape index (κ1) is 10.8. The fraction of sp³-hybridized carbons (Fsp3) is 0.222. The van der Waals surface area contributed by atoms with Gasteiger partial charge in [-0.05, 0) is 22.4 Å². The van der Waals surface area contributed by atoms with E-state index in [0.717, 1.165) is 5.56 Å². The largest absolute Gasteiger partial charge is 0.476 e. The molecule has 0 spiro atoms. The van der Waals surface area contributed by atoms with E-state index in [0.29, 0.717) is 0 Å². The average Bonchev–Trinajstić information content (AvgIpc) is 2.87. The highest BCUT2D eigenvalue weighted by Crippen LogP contribution is 2.17. The number of aliphatic hydroxyl groups excluding tert-OH is 1. The van der Waals surface area contributed by atoms with Crippen LogP contribution < -0.4 is 0 Å². The summed E-state index contributed by atoms with van der Waals surface area (Å²) in [5, 5.41) is 29.2. The lowest BCUT2D eigenvalue weighted by atomic mass is 10.2. The van der Waals surface area contributed by atoms with E-state index in [2.05, 4.69) is 10.3 Å². The molecule has 0 aliphatic carbocycles. The van der Waals surface area contributed by atoms with Crippen molar-refractivity contribution in [2.24, 2.45) is 0 Å². The highest BCUT2D eigenvalue weighted by Gasteiger charge is 2.12. The Morgan fingerprint density at radius 1 is 1.62 bits per heavy atom. The third kappa shape index (κ3) is 2.26. The number of nitrogens with zero attached hydrogens (tertiary/aromatic N) is 3. The molecule has 0 fully saturated rings. The number of carboxylic acid groups (broad SMARTS) is 1. The van der Waals surface area contributed by atoms with Crippen LogP contribution in [0.1, 0.15) is 22.2 Å². The lowest BCUT2D eigenvalue weighted by molar-refractivity contribution is 0.0690. The zero-order valence-electron chi connectivity index (χ0n) is 8.15. The number of thiophene rings is 1. The van der Waals surface area contributed by atoms with Crippen LogP contribution in [0, 0.1) is 0 Å². The van der Waals surface area contributed by atoms with E-state index in [1.54, 1.807) is 0 Å². The molecule has 2 rings (SSSR count). The number of carboxylic acids is 1. The maximum Gasteiger partial charge on any atom is 0.358 e. The molecule has 0 saturated carbocycles. The van der Waals surface area contributed by atoms with Crippen molar-refractivity contribution in [3.8, 4) is 0 Å². The van der Waals surface area contributed by atoms with E-state index < -0.39 is 12.1 Å². The molecule has 16 heavy (non-hydrogen) atoms. The van der Waals surface area contributed by atoms with Crippen molar-refractivity contribution < 1.29 is 15.0 Å². The van der Waals surface area contributed by atoms with Crippen LogP contribution in [0.15, 0.2) is 23.0 Å². The standard InChI is InChI=1S/C9H9N3O3S/c13-8(6-1-2-16-5-6)4-12-3-7(9(14)15)10-11-12/h1-3,5,8,13H,4H2,(H,14,15)/t8-/m0/s1. The van der Waals surface area contributed by atoms with Crippen molar-refractivity contribution in [3.63, 3.8) is 0 Å². The van der Waals surface area contributed by atoms with Gasteiger partial charge in [0.2, 0.25) is 0 Å². The monoisotopic (exact) mass is 239 g/mol. The number of aliphatic hydroxyl groups is 1. The number of rotatable bonds is 4. The molecule has 6 nitrogen and oxygen atoms in total. The van der Waals surface area contributed by atoms with Gasteiger partial charge in [-0.25, -0.2) is 9.48 Å². The van der Waals surface area contributed by atoms with Crippen LogP contribution in [-0.4, -0.2) is 31.2 Å². The summed E-state index contributed by atoms with van der Waals surface area (Å²) in [5.41, 5.74) is 0.662. The minimum atomic E-state index is -1.13. The maximum absolute atomic E-state index is 10.6. The molecule has 0 aliphatic heterocycles. The van der Waals surface area contributed by atoms with Crippen LogP contribution in [0.5, 0.6) is 0 Å². The molecule has 0 unspecified atom stereocenters. The Morgan fingerprint density at radius 3 is 3.00 bits per heavy atom. The Kier molecular flexibility index (Phi) is 2.97. The summed E-state index contributed by atoms with van der Waals surface area (Å²) in [5.74, 6) is -1.13.